The molecule has 0 aromatic heterocycles. The molecule has 2 amide bonds. The zero-order chi connectivity index (χ0) is 22.6. The van der Waals surface area contributed by atoms with Crippen LogP contribution >= 0.6 is 0 Å². The second kappa shape index (κ2) is 9.71. The van der Waals surface area contributed by atoms with Crippen LogP contribution in [0.25, 0.3) is 0 Å². The number of hydrogen-bond donors (Lipinski definition) is 2. The van der Waals surface area contributed by atoms with Crippen molar-refractivity contribution in [3.63, 3.8) is 0 Å². The quantitative estimate of drug-likeness (QED) is 0.605. The van der Waals surface area contributed by atoms with Crippen LogP contribution in [0, 0.1) is 11.8 Å². The smallest absolute Gasteiger partial charge is 0.425 e. The van der Waals surface area contributed by atoms with Gasteiger partial charge < -0.3 is 15.8 Å². The summed E-state index contributed by atoms with van der Waals surface area (Å²) in [4.78, 5) is 24.5. The van der Waals surface area contributed by atoms with Gasteiger partial charge in [-0.15, -0.1) is 0 Å². The molecule has 0 heterocycles. The molecule has 1 saturated carbocycles. The summed E-state index contributed by atoms with van der Waals surface area (Å²) in [5, 5.41) is 2.70. The van der Waals surface area contributed by atoms with Gasteiger partial charge in [0.1, 0.15) is 11.8 Å². The number of ether oxygens (including phenoxy) is 1. The highest BCUT2D eigenvalue weighted by Crippen LogP contribution is 2.42. The van der Waals surface area contributed by atoms with Crippen molar-refractivity contribution in [2.45, 2.75) is 78.1 Å². The van der Waals surface area contributed by atoms with Gasteiger partial charge in [0.05, 0.1) is 0 Å². The van der Waals surface area contributed by atoms with Crippen LogP contribution in [-0.4, -0.2) is 30.1 Å². The number of carbonyl (C=O) groups excluding carboxylic acids is 2. The van der Waals surface area contributed by atoms with E-state index in [4.69, 9.17) is 10.5 Å². The highest BCUT2D eigenvalue weighted by Gasteiger charge is 2.39. The van der Waals surface area contributed by atoms with Gasteiger partial charge >= 0.3 is 6.18 Å². The first-order valence-corrected chi connectivity index (χ1v) is 10.3. The predicted octanol–water partition coefficient (Wildman–Crippen LogP) is 4.30. The van der Waals surface area contributed by atoms with Crippen LogP contribution in [-0.2, 0) is 14.3 Å². The molecule has 30 heavy (non-hydrogen) atoms. The van der Waals surface area contributed by atoms with E-state index < -0.39 is 30.1 Å². The van der Waals surface area contributed by atoms with Gasteiger partial charge in [-0.1, -0.05) is 25.5 Å². The molecule has 8 heteroatoms. The number of rotatable bonds is 8. The molecule has 2 rings (SSSR count). The fourth-order valence-electron chi connectivity index (χ4n) is 3.38. The average Bonchev–Trinajstić information content (AvgIpc) is 3.43. The number of carbonyl (C=O) groups is 2. The summed E-state index contributed by atoms with van der Waals surface area (Å²) in [5.41, 5.74) is 7.26. The van der Waals surface area contributed by atoms with Gasteiger partial charge in [-0.2, -0.15) is 13.2 Å². The van der Waals surface area contributed by atoms with E-state index in [0.717, 1.165) is 25.3 Å². The van der Waals surface area contributed by atoms with Gasteiger partial charge in [0.25, 0.3) is 5.91 Å². The van der Waals surface area contributed by atoms with Crippen molar-refractivity contribution in [2.24, 2.45) is 17.6 Å². The van der Waals surface area contributed by atoms with Crippen molar-refractivity contribution in [1.29, 1.82) is 0 Å². The second-order valence-electron chi connectivity index (χ2n) is 8.54. The lowest BCUT2D eigenvalue weighted by molar-refractivity contribution is -0.204. The van der Waals surface area contributed by atoms with Crippen LogP contribution < -0.4 is 11.1 Å². The molecule has 2 aliphatic carbocycles. The molecule has 0 spiro atoms. The molecule has 0 saturated heterocycles. The minimum atomic E-state index is -4.44. The Balaban J connectivity index is 2.25. The third-order valence-corrected chi connectivity index (χ3v) is 5.34. The van der Waals surface area contributed by atoms with Crippen LogP contribution in [0.15, 0.2) is 34.6 Å². The van der Waals surface area contributed by atoms with E-state index in [-0.39, 0.29) is 18.3 Å². The number of alkyl halides is 3. The first-order chi connectivity index (χ1) is 13.9. The Morgan fingerprint density at radius 2 is 1.83 bits per heavy atom. The summed E-state index contributed by atoms with van der Waals surface area (Å²) < 4.78 is 44.3. The lowest BCUT2D eigenvalue weighted by Crippen LogP contribution is -2.45. The maximum atomic E-state index is 13.0. The van der Waals surface area contributed by atoms with E-state index in [1.165, 1.54) is 0 Å². The monoisotopic (exact) mass is 428 g/mol. The summed E-state index contributed by atoms with van der Waals surface area (Å²) in [6.45, 7) is 6.62. The molecule has 0 aliphatic heterocycles. The molecule has 3 N–H and O–H groups in total. The minimum Gasteiger partial charge on any atom is -0.485 e. The van der Waals surface area contributed by atoms with E-state index >= 15 is 0 Å². The third-order valence-electron chi connectivity index (χ3n) is 5.34. The molecule has 5 nitrogen and oxygen atoms in total. The second-order valence-corrected chi connectivity index (χ2v) is 8.54. The Hall–Kier alpha value is -2.25. The molecule has 168 valence electrons. The molecular formula is C22H31F3N2O3. The topological polar surface area (TPSA) is 81.4 Å². The average molecular weight is 428 g/mol. The van der Waals surface area contributed by atoms with E-state index in [1.807, 2.05) is 13.8 Å². The van der Waals surface area contributed by atoms with Gasteiger partial charge in [-0.3, -0.25) is 9.59 Å². The van der Waals surface area contributed by atoms with Crippen LogP contribution in [0.3, 0.4) is 0 Å². The highest BCUT2D eigenvalue weighted by molar-refractivity contribution is 5.99. The number of amides is 2. The van der Waals surface area contributed by atoms with Crippen molar-refractivity contribution in [3.05, 3.63) is 34.6 Å². The number of primary amides is 1. The summed E-state index contributed by atoms with van der Waals surface area (Å²) in [6, 6.07) is -0.776. The summed E-state index contributed by atoms with van der Waals surface area (Å²) in [5.74, 6) is -0.340. The van der Waals surface area contributed by atoms with E-state index in [2.05, 4.69) is 5.32 Å². The van der Waals surface area contributed by atoms with E-state index in [9.17, 15) is 22.8 Å². The molecule has 0 bridgehead atoms. The van der Waals surface area contributed by atoms with Gasteiger partial charge in [0.2, 0.25) is 5.91 Å². The van der Waals surface area contributed by atoms with Crippen molar-refractivity contribution in [2.75, 3.05) is 0 Å². The van der Waals surface area contributed by atoms with E-state index in [0.29, 0.717) is 29.7 Å². The van der Waals surface area contributed by atoms with Crippen LogP contribution in [0.4, 0.5) is 13.2 Å². The van der Waals surface area contributed by atoms with Crippen molar-refractivity contribution in [1.82, 2.24) is 5.32 Å². The lowest BCUT2D eigenvalue weighted by Gasteiger charge is -2.24. The van der Waals surface area contributed by atoms with Crippen LogP contribution in [0.1, 0.15) is 59.8 Å². The molecule has 0 radical (unpaired) electrons. The van der Waals surface area contributed by atoms with Crippen LogP contribution in [0.2, 0.25) is 0 Å². The Morgan fingerprint density at radius 1 is 1.20 bits per heavy atom. The SMILES string of the molecule is CC1=C(C(=O)NC(CC(C)C)C(N)=O)C=CC(C2CC2)=C(OC(C)C(F)(F)F)CC1. The van der Waals surface area contributed by atoms with Gasteiger partial charge in [-0.05, 0) is 63.0 Å². The van der Waals surface area contributed by atoms with E-state index in [1.54, 1.807) is 19.1 Å². The highest BCUT2D eigenvalue weighted by atomic mass is 19.4. The van der Waals surface area contributed by atoms with Crippen molar-refractivity contribution < 1.29 is 27.5 Å². The molecule has 1 fully saturated rings. The van der Waals surface area contributed by atoms with Gasteiger partial charge in [0.15, 0.2) is 6.10 Å². The predicted molar refractivity (Wildman–Crippen MR) is 108 cm³/mol. The molecule has 2 aliphatic rings. The standard InChI is InChI=1S/C22H31F3N2O3/c1-12(2)11-18(20(26)28)27-21(29)16-8-9-17(15-6-7-15)19(10-5-13(16)3)30-14(4)22(23,24)25/h8-9,12,14-15,18H,5-7,10-11H2,1-4H3,(H2,26,28)(H,27,29). The zero-order valence-electron chi connectivity index (χ0n) is 17.9. The summed E-state index contributed by atoms with van der Waals surface area (Å²) in [6.07, 6.45) is -0.166. The Kier molecular flexibility index (Phi) is 7.77. The Morgan fingerprint density at radius 3 is 2.33 bits per heavy atom. The fourth-order valence-corrected chi connectivity index (χ4v) is 3.38. The fraction of sp³-hybridized carbons (Fsp3) is 0.636. The number of halogens is 3. The summed E-state index contributed by atoms with van der Waals surface area (Å²) in [7, 11) is 0. The minimum absolute atomic E-state index is 0.152. The van der Waals surface area contributed by atoms with Gasteiger partial charge in [0, 0.05) is 12.0 Å². The number of allylic oxidation sites excluding steroid dienone is 4. The molecular weight excluding hydrogens is 397 g/mol. The van der Waals surface area contributed by atoms with Crippen molar-refractivity contribution >= 4 is 11.8 Å². The Bertz CT molecular complexity index is 762. The largest absolute Gasteiger partial charge is 0.485 e. The molecule has 0 aromatic rings. The molecule has 2 unspecified atom stereocenters. The third kappa shape index (κ3) is 6.64. The lowest BCUT2D eigenvalue weighted by atomic mass is 9.95. The normalized spacial score (nSPS) is 20.0. The van der Waals surface area contributed by atoms with Gasteiger partial charge in [-0.25, -0.2) is 0 Å². The number of nitrogens with one attached hydrogen (secondary N) is 1. The van der Waals surface area contributed by atoms with Crippen molar-refractivity contribution in [3.8, 4) is 0 Å². The maximum Gasteiger partial charge on any atom is 0.425 e. The zero-order valence-corrected chi connectivity index (χ0v) is 17.9. The Labute approximate surface area is 175 Å². The number of nitrogens with two attached hydrogens (primary N) is 1. The maximum absolute atomic E-state index is 13.0. The van der Waals surface area contributed by atoms with Crippen LogP contribution in [0.5, 0.6) is 0 Å². The summed E-state index contributed by atoms with van der Waals surface area (Å²) >= 11 is 0. The molecule has 0 aromatic carbocycles. The first-order valence-electron chi connectivity index (χ1n) is 10.3. The number of hydrogen-bond acceptors (Lipinski definition) is 3. The first kappa shape index (κ1) is 24.0. The molecule has 2 atom stereocenters.